The molecule has 0 unspecified atom stereocenters. The monoisotopic (exact) mass is 424 g/mol. The molecule has 0 spiro atoms. The van der Waals surface area contributed by atoms with Crippen LogP contribution in [-0.4, -0.2) is 74.9 Å². The number of hydrogen-bond acceptors (Lipinski definition) is 6. The molecule has 9 heteroatoms. The molecule has 0 aromatic carbocycles. The van der Waals surface area contributed by atoms with Crippen LogP contribution in [-0.2, 0) is 0 Å². The maximum absolute atomic E-state index is 13.1. The lowest BCUT2D eigenvalue weighted by Gasteiger charge is -2.32. The van der Waals surface area contributed by atoms with Gasteiger partial charge in [0.1, 0.15) is 12.0 Å². The van der Waals surface area contributed by atoms with Gasteiger partial charge in [-0.15, -0.1) is 0 Å². The highest BCUT2D eigenvalue weighted by molar-refractivity contribution is 5.96. The molecule has 1 aliphatic rings. The number of carbonyl (C=O) groups is 1. The Bertz CT molecular complexity index is 1050. The predicted octanol–water partition coefficient (Wildman–Crippen LogP) is 1.96. The predicted molar refractivity (Wildman–Crippen MR) is 120 cm³/mol. The standard InChI is InChI=1S/C22H32N8O/c1-14(2)18-19(16-11-15(3)21-24-13-25-30(21)12-16)27-28-20(18)22(31)26-17-5-8-29(9-6-17)10-7-23-4/h11-14,17,23H,5-10H2,1-4H3,(H,26,31)(H,27,28). The molecule has 4 heterocycles. The Kier molecular flexibility index (Phi) is 6.33. The highest BCUT2D eigenvalue weighted by atomic mass is 16.2. The number of likely N-dealkylation sites (tertiary alicyclic amines) is 1. The van der Waals surface area contributed by atoms with Crippen molar-refractivity contribution >= 4 is 11.6 Å². The SMILES string of the molecule is CNCCN1CCC(NC(=O)c2[nH]nc(-c3cc(C)c4ncnn4c3)c2C(C)C)CC1. The van der Waals surface area contributed by atoms with Gasteiger partial charge < -0.3 is 15.5 Å². The number of aromatic nitrogens is 5. The van der Waals surface area contributed by atoms with E-state index in [9.17, 15) is 4.79 Å². The molecule has 0 radical (unpaired) electrons. The third-order valence-electron chi connectivity index (χ3n) is 6.04. The van der Waals surface area contributed by atoms with Crippen LogP contribution in [0, 0.1) is 6.92 Å². The zero-order valence-corrected chi connectivity index (χ0v) is 18.8. The summed E-state index contributed by atoms with van der Waals surface area (Å²) in [5, 5.41) is 18.2. The van der Waals surface area contributed by atoms with Crippen molar-refractivity contribution in [2.45, 2.75) is 45.6 Å². The molecule has 9 nitrogen and oxygen atoms in total. The van der Waals surface area contributed by atoms with Crippen LogP contribution in [0.5, 0.6) is 0 Å². The number of hydrogen-bond donors (Lipinski definition) is 3. The number of amides is 1. The van der Waals surface area contributed by atoms with Crippen molar-refractivity contribution in [3.8, 4) is 11.3 Å². The van der Waals surface area contributed by atoms with Crippen LogP contribution in [0.1, 0.15) is 54.2 Å². The van der Waals surface area contributed by atoms with Crippen LogP contribution in [0.3, 0.4) is 0 Å². The van der Waals surface area contributed by atoms with Gasteiger partial charge in [-0.1, -0.05) is 13.8 Å². The van der Waals surface area contributed by atoms with Crippen molar-refractivity contribution in [1.82, 2.24) is 40.3 Å². The molecule has 3 aromatic heterocycles. The lowest BCUT2D eigenvalue weighted by atomic mass is 9.96. The molecule has 4 rings (SSSR count). The second-order valence-electron chi connectivity index (χ2n) is 8.65. The summed E-state index contributed by atoms with van der Waals surface area (Å²) in [7, 11) is 1.98. The molecule has 3 N–H and O–H groups in total. The summed E-state index contributed by atoms with van der Waals surface area (Å²) in [6.45, 7) is 10.2. The second kappa shape index (κ2) is 9.15. The van der Waals surface area contributed by atoms with E-state index < -0.39 is 0 Å². The average molecular weight is 425 g/mol. The molecule has 0 bridgehead atoms. The summed E-state index contributed by atoms with van der Waals surface area (Å²) >= 11 is 0. The number of aryl methyl sites for hydroxylation is 1. The number of nitrogens with zero attached hydrogens (tertiary/aromatic N) is 5. The number of carbonyl (C=O) groups excluding carboxylic acids is 1. The summed E-state index contributed by atoms with van der Waals surface area (Å²) in [4.78, 5) is 19.9. The number of fused-ring (bicyclic) bond motifs is 1. The van der Waals surface area contributed by atoms with E-state index in [4.69, 9.17) is 0 Å². The molecule has 31 heavy (non-hydrogen) atoms. The first-order valence-electron chi connectivity index (χ1n) is 11.0. The Hall–Kier alpha value is -2.78. The second-order valence-corrected chi connectivity index (χ2v) is 8.65. The van der Waals surface area contributed by atoms with Gasteiger partial charge in [0.15, 0.2) is 5.65 Å². The summed E-state index contributed by atoms with van der Waals surface area (Å²) in [6, 6.07) is 2.24. The van der Waals surface area contributed by atoms with Crippen LogP contribution in [0.25, 0.3) is 16.9 Å². The fraction of sp³-hybridized carbons (Fsp3) is 0.545. The smallest absolute Gasteiger partial charge is 0.269 e. The van der Waals surface area contributed by atoms with Gasteiger partial charge in [0.25, 0.3) is 5.91 Å². The van der Waals surface area contributed by atoms with Gasteiger partial charge in [-0.25, -0.2) is 9.50 Å². The van der Waals surface area contributed by atoms with Gasteiger partial charge in [0, 0.05) is 49.5 Å². The Morgan fingerprint density at radius 1 is 1.32 bits per heavy atom. The Morgan fingerprint density at radius 2 is 2.10 bits per heavy atom. The van der Waals surface area contributed by atoms with E-state index in [2.05, 4.69) is 55.7 Å². The Labute approximate surface area is 182 Å². The molecule has 3 aromatic rings. The summed E-state index contributed by atoms with van der Waals surface area (Å²) in [5.74, 6) is 0.0688. The highest BCUT2D eigenvalue weighted by Crippen LogP contribution is 2.31. The molecule has 166 valence electrons. The molecule has 1 aliphatic heterocycles. The van der Waals surface area contributed by atoms with E-state index in [0.29, 0.717) is 5.69 Å². The number of H-pyrrole nitrogens is 1. The fourth-order valence-corrected chi connectivity index (χ4v) is 4.36. The van der Waals surface area contributed by atoms with Gasteiger partial charge in [-0.2, -0.15) is 10.2 Å². The third kappa shape index (κ3) is 4.47. The molecule has 0 atom stereocenters. The van der Waals surface area contributed by atoms with Crippen molar-refractivity contribution in [1.29, 1.82) is 0 Å². The zero-order valence-electron chi connectivity index (χ0n) is 18.8. The molecule has 0 saturated carbocycles. The third-order valence-corrected chi connectivity index (χ3v) is 6.04. The van der Waals surface area contributed by atoms with E-state index in [-0.39, 0.29) is 17.9 Å². The largest absolute Gasteiger partial charge is 0.348 e. The van der Waals surface area contributed by atoms with Crippen molar-refractivity contribution in [2.75, 3.05) is 33.2 Å². The van der Waals surface area contributed by atoms with E-state index in [1.165, 1.54) is 0 Å². The summed E-state index contributed by atoms with van der Waals surface area (Å²) in [5.41, 5.74) is 5.05. The number of aromatic amines is 1. The van der Waals surface area contributed by atoms with E-state index >= 15 is 0 Å². The van der Waals surface area contributed by atoms with Gasteiger partial charge in [0.05, 0.1) is 5.69 Å². The Morgan fingerprint density at radius 3 is 2.81 bits per heavy atom. The number of pyridine rings is 1. The first kappa shape index (κ1) is 21.5. The first-order chi connectivity index (χ1) is 15.0. The van der Waals surface area contributed by atoms with Crippen molar-refractivity contribution in [3.05, 3.63) is 35.4 Å². The lowest BCUT2D eigenvalue weighted by molar-refractivity contribution is 0.0905. The van der Waals surface area contributed by atoms with Crippen molar-refractivity contribution in [3.63, 3.8) is 0 Å². The van der Waals surface area contributed by atoms with Crippen LogP contribution in [0.15, 0.2) is 18.6 Å². The molecular weight excluding hydrogens is 392 g/mol. The van der Waals surface area contributed by atoms with Crippen molar-refractivity contribution in [2.24, 2.45) is 0 Å². The number of nitrogens with one attached hydrogen (secondary N) is 3. The van der Waals surface area contributed by atoms with E-state index in [0.717, 1.165) is 67.1 Å². The topological polar surface area (TPSA) is 103 Å². The van der Waals surface area contributed by atoms with E-state index in [1.807, 2.05) is 20.2 Å². The molecular formula is C22H32N8O. The number of rotatable bonds is 7. The molecule has 0 aliphatic carbocycles. The van der Waals surface area contributed by atoms with Gasteiger partial charge in [-0.3, -0.25) is 9.89 Å². The normalized spacial score (nSPS) is 15.8. The van der Waals surface area contributed by atoms with Gasteiger partial charge in [0.2, 0.25) is 0 Å². The minimum atomic E-state index is -0.0744. The molecule has 1 saturated heterocycles. The molecule has 1 amide bonds. The Balaban J connectivity index is 1.53. The van der Waals surface area contributed by atoms with Crippen LogP contribution in [0.2, 0.25) is 0 Å². The maximum atomic E-state index is 13.1. The first-order valence-corrected chi connectivity index (χ1v) is 11.0. The fourth-order valence-electron chi connectivity index (χ4n) is 4.36. The van der Waals surface area contributed by atoms with Crippen LogP contribution >= 0.6 is 0 Å². The maximum Gasteiger partial charge on any atom is 0.269 e. The highest BCUT2D eigenvalue weighted by Gasteiger charge is 2.26. The summed E-state index contributed by atoms with van der Waals surface area (Å²) in [6.07, 6.45) is 5.40. The minimum Gasteiger partial charge on any atom is -0.348 e. The lowest BCUT2D eigenvalue weighted by Crippen LogP contribution is -2.46. The number of piperidine rings is 1. The zero-order chi connectivity index (χ0) is 22.0. The van der Waals surface area contributed by atoms with Crippen LogP contribution in [0.4, 0.5) is 0 Å². The minimum absolute atomic E-state index is 0.0744. The quantitative estimate of drug-likeness (QED) is 0.536. The van der Waals surface area contributed by atoms with Gasteiger partial charge in [-0.05, 0) is 44.4 Å². The average Bonchev–Trinajstić information content (AvgIpc) is 3.40. The number of likely N-dealkylation sites (N-methyl/N-ethyl adjacent to an activating group) is 1. The van der Waals surface area contributed by atoms with E-state index in [1.54, 1.807) is 10.8 Å². The van der Waals surface area contributed by atoms with Crippen LogP contribution < -0.4 is 10.6 Å². The molecule has 1 fully saturated rings. The summed E-state index contributed by atoms with van der Waals surface area (Å²) < 4.78 is 1.75. The van der Waals surface area contributed by atoms with Crippen molar-refractivity contribution < 1.29 is 4.79 Å². The van der Waals surface area contributed by atoms with Gasteiger partial charge >= 0.3 is 0 Å².